The molecule has 0 aliphatic heterocycles. The van der Waals surface area contributed by atoms with Crippen molar-refractivity contribution in [1.82, 2.24) is 10.2 Å². The van der Waals surface area contributed by atoms with E-state index < -0.39 is 3.79 Å². The highest BCUT2D eigenvalue weighted by atomic mass is 35.6. The lowest BCUT2D eigenvalue weighted by atomic mass is 10.1. The molecule has 6 heteroatoms. The van der Waals surface area contributed by atoms with E-state index in [4.69, 9.17) is 34.8 Å². The van der Waals surface area contributed by atoms with E-state index in [0.29, 0.717) is 0 Å². The molecule has 0 radical (unpaired) electrons. The monoisotopic (exact) mass is 358 g/mol. The Labute approximate surface area is 143 Å². The van der Waals surface area contributed by atoms with E-state index in [-0.39, 0.29) is 18.4 Å². The molecule has 0 fully saturated rings. The van der Waals surface area contributed by atoms with Gasteiger partial charge in [0.25, 0.3) is 0 Å². The summed E-state index contributed by atoms with van der Waals surface area (Å²) in [5, 5.41) is 3.34. The molecule has 1 N–H and O–H groups in total. The van der Waals surface area contributed by atoms with Crippen LogP contribution in [0, 0.1) is 0 Å². The van der Waals surface area contributed by atoms with Crippen molar-refractivity contribution in [2.75, 3.05) is 26.2 Å². The minimum absolute atomic E-state index is 0. The van der Waals surface area contributed by atoms with Crippen molar-refractivity contribution in [2.24, 2.45) is 0 Å². The molecule has 0 aliphatic carbocycles. The molecule has 0 spiro atoms. The Morgan fingerprint density at radius 2 is 1.65 bits per heavy atom. The van der Waals surface area contributed by atoms with Gasteiger partial charge < -0.3 is 10.2 Å². The molecular weight excluding hydrogens is 338 g/mol. The van der Waals surface area contributed by atoms with E-state index in [9.17, 15) is 0 Å². The number of hydrogen-bond donors (Lipinski definition) is 1. The number of likely N-dealkylation sites (N-methyl/N-ethyl adjacent to an activating group) is 1. The number of rotatable bonds is 7. The minimum atomic E-state index is -1.36. The molecule has 0 amide bonds. The number of nitrogens with zero attached hydrogens (tertiary/aromatic N) is 1. The summed E-state index contributed by atoms with van der Waals surface area (Å²) in [5.41, 5.74) is 0.988. The summed E-state index contributed by atoms with van der Waals surface area (Å²) in [7, 11) is 0. The van der Waals surface area contributed by atoms with Gasteiger partial charge in [0.15, 0.2) is 0 Å². The number of nitrogens with one attached hydrogen (secondary N) is 1. The predicted molar refractivity (Wildman–Crippen MR) is 92.5 cm³/mol. The number of hydrogen-bond acceptors (Lipinski definition) is 2. The van der Waals surface area contributed by atoms with Gasteiger partial charge in [-0.2, -0.15) is 0 Å². The van der Waals surface area contributed by atoms with E-state index in [1.165, 1.54) is 0 Å². The predicted octanol–water partition coefficient (Wildman–Crippen LogP) is 4.45. The van der Waals surface area contributed by atoms with Gasteiger partial charge in [-0.05, 0) is 18.7 Å². The van der Waals surface area contributed by atoms with Crippen LogP contribution in [-0.4, -0.2) is 34.9 Å². The van der Waals surface area contributed by atoms with E-state index >= 15 is 0 Å². The maximum atomic E-state index is 6.07. The average Bonchev–Trinajstić information content (AvgIpc) is 2.38. The van der Waals surface area contributed by atoms with Crippen LogP contribution in [0.15, 0.2) is 30.3 Å². The summed E-state index contributed by atoms with van der Waals surface area (Å²) in [4.78, 5) is 2.33. The van der Waals surface area contributed by atoms with Gasteiger partial charge in [-0.15, -0.1) is 12.4 Å². The highest BCUT2D eigenvalue weighted by Crippen LogP contribution is 2.39. The smallest absolute Gasteiger partial charge is 0.209 e. The van der Waals surface area contributed by atoms with E-state index in [0.717, 1.165) is 31.7 Å². The summed E-state index contributed by atoms with van der Waals surface area (Å²) in [5.74, 6) is 0. The second-order valence-corrected chi connectivity index (χ2v) is 6.74. The van der Waals surface area contributed by atoms with Crippen LogP contribution >= 0.6 is 47.2 Å². The minimum Gasteiger partial charge on any atom is -0.305 e. The van der Waals surface area contributed by atoms with E-state index in [1.807, 2.05) is 30.3 Å². The largest absolute Gasteiger partial charge is 0.305 e. The third-order valence-corrected chi connectivity index (χ3v) is 3.79. The van der Waals surface area contributed by atoms with Gasteiger partial charge in [-0.25, -0.2) is 0 Å². The van der Waals surface area contributed by atoms with Gasteiger partial charge in [0.2, 0.25) is 3.79 Å². The first-order valence-electron chi connectivity index (χ1n) is 6.56. The first kappa shape index (κ1) is 20.3. The maximum Gasteiger partial charge on any atom is 0.209 e. The van der Waals surface area contributed by atoms with Crippen molar-refractivity contribution in [2.45, 2.75) is 23.7 Å². The Morgan fingerprint density at radius 3 is 2.10 bits per heavy atom. The summed E-state index contributed by atoms with van der Waals surface area (Å²) < 4.78 is -1.36. The van der Waals surface area contributed by atoms with Gasteiger partial charge in [0.05, 0.1) is 6.04 Å². The highest BCUT2D eigenvalue weighted by molar-refractivity contribution is 6.68. The molecule has 0 saturated heterocycles. The van der Waals surface area contributed by atoms with Crippen LogP contribution in [0.4, 0.5) is 0 Å². The van der Waals surface area contributed by atoms with Crippen LogP contribution in [0.25, 0.3) is 0 Å². The maximum absolute atomic E-state index is 6.07. The molecule has 1 aromatic carbocycles. The zero-order valence-corrected chi connectivity index (χ0v) is 14.9. The molecule has 1 unspecified atom stereocenters. The fourth-order valence-corrected chi connectivity index (χ4v) is 2.58. The SMILES string of the molecule is CCN(CC)CCNC(c1ccccc1)C(Cl)(Cl)Cl.Cl. The zero-order chi connectivity index (χ0) is 14.3. The molecule has 0 aromatic heterocycles. The number of alkyl halides is 3. The van der Waals surface area contributed by atoms with Crippen molar-refractivity contribution in [3.8, 4) is 0 Å². The second-order valence-electron chi connectivity index (χ2n) is 4.37. The topological polar surface area (TPSA) is 15.3 Å². The Hall–Kier alpha value is 0.300. The molecule has 0 saturated carbocycles. The van der Waals surface area contributed by atoms with Crippen LogP contribution in [0.2, 0.25) is 0 Å². The molecule has 1 rings (SSSR count). The standard InChI is InChI=1S/C14H21Cl3N2.ClH/c1-3-19(4-2)11-10-18-13(14(15,16)17)12-8-6-5-7-9-12;/h5-9,13,18H,3-4,10-11H2,1-2H3;1H. The third-order valence-electron chi connectivity index (χ3n) is 3.13. The van der Waals surface area contributed by atoms with Crippen molar-refractivity contribution in [3.05, 3.63) is 35.9 Å². The molecule has 1 atom stereocenters. The summed E-state index contributed by atoms with van der Waals surface area (Å²) >= 11 is 18.2. The fourth-order valence-electron chi connectivity index (χ4n) is 1.97. The summed E-state index contributed by atoms with van der Waals surface area (Å²) in [6.45, 7) is 8.08. The molecular formula is C14H22Cl4N2. The Morgan fingerprint density at radius 1 is 1.10 bits per heavy atom. The van der Waals surface area contributed by atoms with Gasteiger partial charge in [-0.3, -0.25) is 0 Å². The van der Waals surface area contributed by atoms with E-state index in [1.54, 1.807) is 0 Å². The van der Waals surface area contributed by atoms with Crippen LogP contribution in [-0.2, 0) is 0 Å². The summed E-state index contributed by atoms with van der Waals surface area (Å²) in [6.07, 6.45) is 0. The van der Waals surface area contributed by atoms with Crippen LogP contribution in [0.3, 0.4) is 0 Å². The van der Waals surface area contributed by atoms with Crippen molar-refractivity contribution < 1.29 is 0 Å². The van der Waals surface area contributed by atoms with Crippen LogP contribution < -0.4 is 5.32 Å². The van der Waals surface area contributed by atoms with Gasteiger partial charge in [0, 0.05) is 13.1 Å². The van der Waals surface area contributed by atoms with Crippen molar-refractivity contribution in [1.29, 1.82) is 0 Å². The van der Waals surface area contributed by atoms with Gasteiger partial charge in [-0.1, -0.05) is 79.0 Å². The molecule has 0 aliphatic rings. The highest BCUT2D eigenvalue weighted by Gasteiger charge is 2.33. The molecule has 20 heavy (non-hydrogen) atoms. The zero-order valence-electron chi connectivity index (χ0n) is 11.8. The lowest BCUT2D eigenvalue weighted by molar-refractivity contribution is 0.296. The number of benzene rings is 1. The van der Waals surface area contributed by atoms with E-state index in [2.05, 4.69) is 24.1 Å². The lowest BCUT2D eigenvalue weighted by Gasteiger charge is -2.27. The lowest BCUT2D eigenvalue weighted by Crippen LogP contribution is -2.38. The Balaban J connectivity index is 0.00000361. The molecule has 0 bridgehead atoms. The molecule has 0 heterocycles. The average molecular weight is 360 g/mol. The molecule has 116 valence electrons. The normalized spacial score (nSPS) is 13.1. The van der Waals surface area contributed by atoms with Crippen molar-refractivity contribution >= 4 is 47.2 Å². The first-order chi connectivity index (χ1) is 8.99. The first-order valence-corrected chi connectivity index (χ1v) is 7.69. The molecule has 1 aromatic rings. The quantitative estimate of drug-likeness (QED) is 0.723. The van der Waals surface area contributed by atoms with Crippen LogP contribution in [0.5, 0.6) is 0 Å². The fraction of sp³-hybridized carbons (Fsp3) is 0.571. The van der Waals surface area contributed by atoms with Gasteiger partial charge >= 0.3 is 0 Å². The Bertz CT molecular complexity index is 350. The van der Waals surface area contributed by atoms with Crippen molar-refractivity contribution in [3.63, 3.8) is 0 Å². The van der Waals surface area contributed by atoms with Gasteiger partial charge in [0.1, 0.15) is 0 Å². The second kappa shape index (κ2) is 10.1. The summed E-state index contributed by atoms with van der Waals surface area (Å²) in [6, 6.07) is 9.49. The number of halogens is 4. The van der Waals surface area contributed by atoms with Crippen LogP contribution in [0.1, 0.15) is 25.5 Å². The Kier molecular flexibility index (Phi) is 10.2. The molecule has 2 nitrogen and oxygen atoms in total. The third kappa shape index (κ3) is 6.84.